The first kappa shape index (κ1) is 10.9. The van der Waals surface area contributed by atoms with E-state index in [0.717, 1.165) is 6.54 Å². The maximum absolute atomic E-state index is 10.9. The molecule has 0 unspecified atom stereocenters. The molecule has 0 aliphatic rings. The smallest absolute Gasteiger partial charge is 0.160 e. The Hall–Kier alpha value is -0.0900. The molecule has 68 valence electrons. The Kier molecular flexibility index (Phi) is 4.03. The van der Waals surface area contributed by atoms with Gasteiger partial charge in [-0.05, 0) is 20.4 Å². The molecule has 0 bridgehead atoms. The second-order valence-electron chi connectivity index (χ2n) is 3.05. The van der Waals surface area contributed by atoms with Gasteiger partial charge in [0.2, 0.25) is 0 Å². The van der Waals surface area contributed by atoms with Crippen LogP contribution in [0.4, 0.5) is 0 Å². The van der Waals surface area contributed by atoms with Gasteiger partial charge in [0, 0.05) is 12.3 Å². The van der Waals surface area contributed by atoms with E-state index in [2.05, 4.69) is 0 Å². The first-order valence-electron chi connectivity index (χ1n) is 3.78. The third-order valence-electron chi connectivity index (χ3n) is 1.54. The molecule has 0 amide bonds. The average molecular weight is 179 g/mol. The van der Waals surface area contributed by atoms with E-state index in [9.17, 15) is 8.42 Å². The van der Waals surface area contributed by atoms with E-state index in [4.69, 9.17) is 0 Å². The Morgan fingerprint density at radius 2 is 1.82 bits per heavy atom. The third kappa shape index (κ3) is 5.21. The van der Waals surface area contributed by atoms with E-state index in [1.165, 1.54) is 6.26 Å². The molecule has 0 radical (unpaired) electrons. The van der Waals surface area contributed by atoms with Crippen LogP contribution in [0.3, 0.4) is 0 Å². The van der Waals surface area contributed by atoms with E-state index >= 15 is 0 Å². The SMILES string of the molecule is CCN(CS(C)(=O)=O)C(C)C. The minimum atomic E-state index is -2.85. The van der Waals surface area contributed by atoms with Gasteiger partial charge >= 0.3 is 0 Å². The van der Waals surface area contributed by atoms with Gasteiger partial charge in [-0.25, -0.2) is 8.42 Å². The van der Waals surface area contributed by atoms with Crippen LogP contribution in [0.25, 0.3) is 0 Å². The molecule has 0 aromatic carbocycles. The first-order chi connectivity index (χ1) is 4.87. The zero-order valence-corrected chi connectivity index (χ0v) is 8.48. The lowest BCUT2D eigenvalue weighted by Crippen LogP contribution is -2.34. The number of hydrogen-bond acceptors (Lipinski definition) is 3. The van der Waals surface area contributed by atoms with E-state index < -0.39 is 9.84 Å². The molecule has 0 heterocycles. The van der Waals surface area contributed by atoms with Crippen LogP contribution < -0.4 is 0 Å². The van der Waals surface area contributed by atoms with Crippen molar-refractivity contribution in [2.45, 2.75) is 26.8 Å². The van der Waals surface area contributed by atoms with Crippen molar-refractivity contribution in [3.63, 3.8) is 0 Å². The highest BCUT2D eigenvalue weighted by Crippen LogP contribution is 1.99. The maximum atomic E-state index is 10.9. The van der Waals surface area contributed by atoms with Crippen LogP contribution >= 0.6 is 0 Å². The Labute approximate surface area is 69.3 Å². The monoisotopic (exact) mass is 179 g/mol. The van der Waals surface area contributed by atoms with Crippen molar-refractivity contribution in [3.8, 4) is 0 Å². The van der Waals surface area contributed by atoms with Crippen LogP contribution in [-0.2, 0) is 9.84 Å². The molecule has 0 aliphatic heterocycles. The van der Waals surface area contributed by atoms with Gasteiger partial charge in [-0.2, -0.15) is 0 Å². The van der Waals surface area contributed by atoms with Gasteiger partial charge in [-0.15, -0.1) is 0 Å². The highest BCUT2D eigenvalue weighted by atomic mass is 32.2. The topological polar surface area (TPSA) is 37.4 Å². The standard InChI is InChI=1S/C7H17NO2S/c1-5-8(7(2)3)6-11(4,9)10/h7H,5-6H2,1-4H3. The van der Waals surface area contributed by atoms with Crippen LogP contribution in [-0.4, -0.2) is 38.0 Å². The summed E-state index contributed by atoms with van der Waals surface area (Å²) >= 11 is 0. The third-order valence-corrected chi connectivity index (χ3v) is 2.34. The molecular weight excluding hydrogens is 162 g/mol. The van der Waals surface area contributed by atoms with Gasteiger partial charge in [-0.1, -0.05) is 6.92 Å². The van der Waals surface area contributed by atoms with Crippen LogP contribution in [0.1, 0.15) is 20.8 Å². The summed E-state index contributed by atoms with van der Waals surface area (Å²) in [5, 5.41) is 0. The lowest BCUT2D eigenvalue weighted by atomic mass is 10.3. The summed E-state index contributed by atoms with van der Waals surface area (Å²) in [5.74, 6) is 0.168. The van der Waals surface area contributed by atoms with Crippen molar-refractivity contribution < 1.29 is 8.42 Å². The van der Waals surface area contributed by atoms with Crippen molar-refractivity contribution in [3.05, 3.63) is 0 Å². The Morgan fingerprint density at radius 3 is 1.91 bits per heavy atom. The molecule has 11 heavy (non-hydrogen) atoms. The summed E-state index contributed by atoms with van der Waals surface area (Å²) in [6, 6.07) is 0.301. The van der Waals surface area contributed by atoms with Crippen molar-refractivity contribution in [1.29, 1.82) is 0 Å². The largest absolute Gasteiger partial charge is 0.288 e. The predicted molar refractivity (Wildman–Crippen MR) is 47.2 cm³/mol. The minimum Gasteiger partial charge on any atom is -0.288 e. The molecule has 3 nitrogen and oxygen atoms in total. The summed E-state index contributed by atoms with van der Waals surface area (Å²) in [7, 11) is -2.85. The second kappa shape index (κ2) is 4.07. The fourth-order valence-corrected chi connectivity index (χ4v) is 1.99. The molecule has 0 fully saturated rings. The van der Waals surface area contributed by atoms with Crippen molar-refractivity contribution in [1.82, 2.24) is 4.90 Å². The average Bonchev–Trinajstić information content (AvgIpc) is 1.80. The highest BCUT2D eigenvalue weighted by molar-refractivity contribution is 7.90. The number of rotatable bonds is 4. The predicted octanol–water partition coefficient (Wildman–Crippen LogP) is 0.719. The zero-order chi connectivity index (χ0) is 9.07. The van der Waals surface area contributed by atoms with Crippen molar-refractivity contribution in [2.75, 3.05) is 18.7 Å². The van der Waals surface area contributed by atoms with E-state index in [0.29, 0.717) is 6.04 Å². The molecule has 0 aliphatic carbocycles. The maximum Gasteiger partial charge on any atom is 0.160 e. The van der Waals surface area contributed by atoms with E-state index in [1.807, 2.05) is 25.7 Å². The van der Waals surface area contributed by atoms with Crippen LogP contribution in [0.15, 0.2) is 0 Å². The van der Waals surface area contributed by atoms with Gasteiger partial charge < -0.3 is 0 Å². The normalized spacial score (nSPS) is 12.9. The molecule has 0 N–H and O–H groups in total. The molecule has 0 aromatic heterocycles. The molecule has 0 saturated heterocycles. The molecule has 0 aromatic rings. The van der Waals surface area contributed by atoms with Crippen molar-refractivity contribution in [2.24, 2.45) is 0 Å². The molecule has 0 spiro atoms. The van der Waals surface area contributed by atoms with Crippen molar-refractivity contribution >= 4 is 9.84 Å². The number of sulfone groups is 1. The summed E-state index contributed by atoms with van der Waals surface area (Å²) < 4.78 is 21.7. The summed E-state index contributed by atoms with van der Waals surface area (Å²) in [5.41, 5.74) is 0. The Bertz CT molecular complexity index is 196. The fraction of sp³-hybridized carbons (Fsp3) is 1.00. The quantitative estimate of drug-likeness (QED) is 0.638. The lowest BCUT2D eigenvalue weighted by molar-refractivity contribution is 0.270. The van der Waals surface area contributed by atoms with Gasteiger partial charge in [0.05, 0.1) is 0 Å². The molecule has 0 rings (SSSR count). The summed E-state index contributed by atoms with van der Waals surface area (Å²) in [4.78, 5) is 1.91. The second-order valence-corrected chi connectivity index (χ2v) is 5.16. The van der Waals surface area contributed by atoms with Crippen LogP contribution in [0, 0.1) is 0 Å². The summed E-state index contributed by atoms with van der Waals surface area (Å²) in [6.45, 7) is 6.74. The molecule has 0 atom stereocenters. The van der Waals surface area contributed by atoms with Gasteiger partial charge in [0.25, 0.3) is 0 Å². The zero-order valence-electron chi connectivity index (χ0n) is 7.66. The van der Waals surface area contributed by atoms with Gasteiger partial charge in [0.15, 0.2) is 9.84 Å². The lowest BCUT2D eigenvalue weighted by Gasteiger charge is -2.23. The van der Waals surface area contributed by atoms with Gasteiger partial charge in [-0.3, -0.25) is 4.90 Å². The Balaban J connectivity index is 4.10. The van der Waals surface area contributed by atoms with Crippen LogP contribution in [0.2, 0.25) is 0 Å². The van der Waals surface area contributed by atoms with E-state index in [1.54, 1.807) is 0 Å². The highest BCUT2D eigenvalue weighted by Gasteiger charge is 2.12. The number of nitrogens with zero attached hydrogens (tertiary/aromatic N) is 1. The Morgan fingerprint density at radius 1 is 1.36 bits per heavy atom. The molecule has 4 heteroatoms. The molecule has 0 saturated carbocycles. The van der Waals surface area contributed by atoms with E-state index in [-0.39, 0.29) is 5.88 Å². The van der Waals surface area contributed by atoms with Gasteiger partial charge in [0.1, 0.15) is 5.88 Å². The molecular formula is C7H17NO2S. The minimum absolute atomic E-state index is 0.168. The van der Waals surface area contributed by atoms with Crippen LogP contribution in [0.5, 0.6) is 0 Å². The number of hydrogen-bond donors (Lipinski definition) is 0. The first-order valence-corrected chi connectivity index (χ1v) is 5.84. The summed E-state index contributed by atoms with van der Waals surface area (Å²) in [6.07, 6.45) is 1.26. The fourth-order valence-electron chi connectivity index (χ4n) is 0.907.